The van der Waals surface area contributed by atoms with Crippen molar-refractivity contribution in [1.82, 2.24) is 10.5 Å². The van der Waals surface area contributed by atoms with Gasteiger partial charge in [-0.05, 0) is 26.2 Å². The van der Waals surface area contributed by atoms with Crippen LogP contribution in [0.2, 0.25) is 0 Å². The van der Waals surface area contributed by atoms with E-state index in [1.54, 1.807) is 0 Å². The number of aromatic nitrogens is 1. The third-order valence-corrected chi connectivity index (χ3v) is 4.94. The highest BCUT2D eigenvalue weighted by molar-refractivity contribution is 5.96. The van der Waals surface area contributed by atoms with E-state index in [2.05, 4.69) is 10.5 Å². The van der Waals surface area contributed by atoms with E-state index in [-0.39, 0.29) is 5.91 Å². The lowest BCUT2D eigenvalue weighted by Gasteiger charge is -2.19. The number of carbonyl (C=O) groups is 1. The van der Waals surface area contributed by atoms with Crippen molar-refractivity contribution < 1.29 is 9.32 Å². The van der Waals surface area contributed by atoms with Crippen molar-refractivity contribution in [3.63, 3.8) is 0 Å². The summed E-state index contributed by atoms with van der Waals surface area (Å²) in [4.78, 5) is 12.6. The van der Waals surface area contributed by atoms with Crippen LogP contribution in [0, 0.1) is 6.92 Å². The van der Waals surface area contributed by atoms with Crippen LogP contribution >= 0.6 is 0 Å². The fraction of sp³-hybridized carbons (Fsp3) is 0.789. The highest BCUT2D eigenvalue weighted by Crippen LogP contribution is 2.19. The quantitative estimate of drug-likeness (QED) is 0.857. The zero-order valence-corrected chi connectivity index (χ0v) is 14.8. The molecule has 0 aliphatic heterocycles. The van der Waals surface area contributed by atoms with Crippen LogP contribution in [0.5, 0.6) is 0 Å². The van der Waals surface area contributed by atoms with Crippen molar-refractivity contribution in [2.75, 3.05) is 0 Å². The molecule has 4 heteroatoms. The normalized spacial score (nSPS) is 18.9. The van der Waals surface area contributed by atoms with Gasteiger partial charge >= 0.3 is 0 Å². The number of nitrogens with zero attached hydrogens (tertiary/aromatic N) is 1. The minimum Gasteiger partial charge on any atom is -0.361 e. The fourth-order valence-corrected chi connectivity index (χ4v) is 3.52. The Labute approximate surface area is 140 Å². The first-order valence-corrected chi connectivity index (χ1v) is 9.48. The van der Waals surface area contributed by atoms with E-state index in [4.69, 9.17) is 4.52 Å². The van der Waals surface area contributed by atoms with E-state index in [9.17, 15) is 4.79 Å². The lowest BCUT2D eigenvalue weighted by atomic mass is 9.97. The molecule has 1 amide bonds. The number of carbonyl (C=O) groups excluding carboxylic acids is 1. The fourth-order valence-electron chi connectivity index (χ4n) is 3.52. The topological polar surface area (TPSA) is 55.1 Å². The van der Waals surface area contributed by atoms with Gasteiger partial charge in [0.25, 0.3) is 5.91 Å². The van der Waals surface area contributed by atoms with E-state index < -0.39 is 0 Å². The zero-order valence-electron chi connectivity index (χ0n) is 14.8. The maximum absolute atomic E-state index is 12.6. The molecule has 0 unspecified atom stereocenters. The Morgan fingerprint density at radius 1 is 1.04 bits per heavy atom. The summed E-state index contributed by atoms with van der Waals surface area (Å²) in [6.07, 6.45) is 14.7. The number of aryl methyl sites for hydroxylation is 2. The molecule has 0 atom stereocenters. The van der Waals surface area contributed by atoms with Gasteiger partial charge in [0, 0.05) is 6.04 Å². The molecular weight excluding hydrogens is 288 g/mol. The van der Waals surface area contributed by atoms with Crippen LogP contribution in [-0.4, -0.2) is 17.1 Å². The third kappa shape index (κ3) is 5.67. The summed E-state index contributed by atoms with van der Waals surface area (Å²) < 4.78 is 5.20. The largest absolute Gasteiger partial charge is 0.361 e. The number of amides is 1. The third-order valence-electron chi connectivity index (χ3n) is 4.94. The molecular formula is C19H32N2O2. The lowest BCUT2D eigenvalue weighted by molar-refractivity contribution is 0.0929. The summed E-state index contributed by atoms with van der Waals surface area (Å²) in [5.74, 6) is 0.630. The molecule has 0 radical (unpaired) electrons. The van der Waals surface area contributed by atoms with Gasteiger partial charge in [0.1, 0.15) is 11.3 Å². The minimum atomic E-state index is -0.00214. The first-order chi connectivity index (χ1) is 11.2. The van der Waals surface area contributed by atoms with Gasteiger partial charge in [0.2, 0.25) is 0 Å². The van der Waals surface area contributed by atoms with Gasteiger partial charge in [0.05, 0.1) is 5.69 Å². The molecule has 0 spiro atoms. The highest BCUT2D eigenvalue weighted by Gasteiger charge is 2.21. The summed E-state index contributed by atoms with van der Waals surface area (Å²) in [7, 11) is 0. The van der Waals surface area contributed by atoms with Gasteiger partial charge in [-0.25, -0.2) is 0 Å². The first-order valence-electron chi connectivity index (χ1n) is 9.48. The summed E-state index contributed by atoms with van der Waals surface area (Å²) >= 11 is 0. The molecule has 130 valence electrons. The molecule has 23 heavy (non-hydrogen) atoms. The van der Waals surface area contributed by atoms with Crippen LogP contribution < -0.4 is 5.32 Å². The molecule has 0 aromatic carbocycles. The molecule has 2 rings (SSSR count). The summed E-state index contributed by atoms with van der Waals surface area (Å²) in [6, 6.07) is 0.293. The van der Waals surface area contributed by atoms with E-state index in [0.717, 1.165) is 25.0 Å². The zero-order chi connectivity index (χ0) is 16.5. The molecule has 0 bridgehead atoms. The standard InChI is InChI=1S/C19H32N2O2/c1-3-17-18(15(2)23-21-17)19(22)20-16-13-11-9-7-5-4-6-8-10-12-14-16/h16H,3-14H2,1-2H3,(H,20,22). The summed E-state index contributed by atoms with van der Waals surface area (Å²) in [5.41, 5.74) is 1.42. The van der Waals surface area contributed by atoms with Crippen molar-refractivity contribution in [2.45, 2.75) is 96.9 Å². The van der Waals surface area contributed by atoms with E-state index >= 15 is 0 Å². The van der Waals surface area contributed by atoms with Crippen molar-refractivity contribution in [2.24, 2.45) is 0 Å². The molecule has 4 nitrogen and oxygen atoms in total. The average Bonchev–Trinajstić information content (AvgIpc) is 2.91. The molecule has 1 fully saturated rings. The maximum atomic E-state index is 12.6. The molecule has 0 saturated heterocycles. The Balaban J connectivity index is 1.93. The van der Waals surface area contributed by atoms with Crippen molar-refractivity contribution in [3.05, 3.63) is 17.0 Å². The van der Waals surface area contributed by atoms with Gasteiger partial charge < -0.3 is 9.84 Å². The summed E-state index contributed by atoms with van der Waals surface area (Å²) in [6.45, 7) is 3.83. The van der Waals surface area contributed by atoms with E-state index in [0.29, 0.717) is 17.4 Å². The second-order valence-corrected chi connectivity index (χ2v) is 6.84. The Morgan fingerprint density at radius 2 is 1.57 bits per heavy atom. The first kappa shape index (κ1) is 18.0. The molecule has 1 aromatic heterocycles. The maximum Gasteiger partial charge on any atom is 0.257 e. The molecule has 1 aromatic rings. The average molecular weight is 320 g/mol. The lowest BCUT2D eigenvalue weighted by Crippen LogP contribution is -2.35. The van der Waals surface area contributed by atoms with Gasteiger partial charge in [-0.2, -0.15) is 0 Å². The minimum absolute atomic E-state index is 0.00214. The van der Waals surface area contributed by atoms with Crippen LogP contribution in [-0.2, 0) is 6.42 Å². The Kier molecular flexibility index (Phi) is 7.63. The monoisotopic (exact) mass is 320 g/mol. The molecule has 1 heterocycles. The number of nitrogens with one attached hydrogen (secondary N) is 1. The Hall–Kier alpha value is -1.32. The number of hydrogen-bond acceptors (Lipinski definition) is 3. The Morgan fingerprint density at radius 3 is 2.09 bits per heavy atom. The smallest absolute Gasteiger partial charge is 0.257 e. The Bertz CT molecular complexity index is 470. The molecule has 1 aliphatic rings. The van der Waals surface area contributed by atoms with Crippen LogP contribution in [0.3, 0.4) is 0 Å². The van der Waals surface area contributed by atoms with Crippen molar-refractivity contribution >= 4 is 5.91 Å². The second kappa shape index (κ2) is 9.74. The van der Waals surface area contributed by atoms with Crippen LogP contribution in [0.1, 0.15) is 99.4 Å². The number of rotatable bonds is 3. The highest BCUT2D eigenvalue weighted by atomic mass is 16.5. The molecule has 1 saturated carbocycles. The van der Waals surface area contributed by atoms with Gasteiger partial charge in [-0.15, -0.1) is 0 Å². The second-order valence-electron chi connectivity index (χ2n) is 6.84. The SMILES string of the molecule is CCc1noc(C)c1C(=O)NC1CCCCCCCCCCC1. The van der Waals surface area contributed by atoms with E-state index in [1.165, 1.54) is 57.8 Å². The van der Waals surface area contributed by atoms with Crippen molar-refractivity contribution in [1.29, 1.82) is 0 Å². The van der Waals surface area contributed by atoms with Gasteiger partial charge in [-0.3, -0.25) is 4.79 Å². The molecule has 1 N–H and O–H groups in total. The molecule has 1 aliphatic carbocycles. The van der Waals surface area contributed by atoms with Crippen LogP contribution in [0.25, 0.3) is 0 Å². The van der Waals surface area contributed by atoms with Crippen molar-refractivity contribution in [3.8, 4) is 0 Å². The predicted molar refractivity (Wildman–Crippen MR) is 92.7 cm³/mol. The van der Waals surface area contributed by atoms with Gasteiger partial charge in [0.15, 0.2) is 0 Å². The van der Waals surface area contributed by atoms with Crippen LogP contribution in [0.4, 0.5) is 0 Å². The summed E-state index contributed by atoms with van der Waals surface area (Å²) in [5, 5.41) is 7.25. The number of hydrogen-bond donors (Lipinski definition) is 1. The van der Waals surface area contributed by atoms with Gasteiger partial charge in [-0.1, -0.05) is 69.9 Å². The predicted octanol–water partition coefficient (Wildman–Crippen LogP) is 4.95. The van der Waals surface area contributed by atoms with Crippen LogP contribution in [0.15, 0.2) is 4.52 Å². The van der Waals surface area contributed by atoms with E-state index in [1.807, 2.05) is 13.8 Å².